The van der Waals surface area contributed by atoms with Crippen LogP contribution in [-0.4, -0.2) is 11.0 Å². The van der Waals surface area contributed by atoms with E-state index in [1.54, 1.807) is 6.07 Å². The Morgan fingerprint density at radius 3 is 2.70 bits per heavy atom. The van der Waals surface area contributed by atoms with E-state index in [-0.39, 0.29) is 5.56 Å². The van der Waals surface area contributed by atoms with Crippen LogP contribution in [0.2, 0.25) is 0 Å². The van der Waals surface area contributed by atoms with Crippen LogP contribution in [0, 0.1) is 23.0 Å². The molecule has 1 aromatic carbocycles. The summed E-state index contributed by atoms with van der Waals surface area (Å²) in [6.07, 6.45) is 2.07. The molecule has 0 unspecified atom stereocenters. The molecular weight excluding hydrogens is 260 g/mol. The van der Waals surface area contributed by atoms with Gasteiger partial charge in [-0.1, -0.05) is 0 Å². The van der Waals surface area contributed by atoms with Gasteiger partial charge < -0.3 is 5.32 Å². The molecule has 3 rings (SSSR count). The summed E-state index contributed by atoms with van der Waals surface area (Å²) in [6, 6.07) is 8.68. The zero-order chi connectivity index (χ0) is 14.1. The molecule has 100 valence electrons. The summed E-state index contributed by atoms with van der Waals surface area (Å²) in [7, 11) is 0. The molecule has 0 atom stereocenters. The first kappa shape index (κ1) is 12.5. The summed E-state index contributed by atoms with van der Waals surface area (Å²) >= 11 is 0. The van der Waals surface area contributed by atoms with Gasteiger partial charge in [0.2, 0.25) is 0 Å². The fourth-order valence-electron chi connectivity index (χ4n) is 1.92. The summed E-state index contributed by atoms with van der Waals surface area (Å²) in [6.45, 7) is 0. The first-order chi connectivity index (χ1) is 9.67. The molecule has 0 spiro atoms. The predicted molar refractivity (Wildman–Crippen MR) is 70.9 cm³/mol. The average molecular weight is 271 g/mol. The van der Waals surface area contributed by atoms with Crippen LogP contribution >= 0.6 is 0 Å². The first-order valence-electron chi connectivity index (χ1n) is 6.30. The van der Waals surface area contributed by atoms with Gasteiger partial charge in [-0.05, 0) is 43.2 Å². The van der Waals surface area contributed by atoms with Gasteiger partial charge >= 0.3 is 0 Å². The van der Waals surface area contributed by atoms with Gasteiger partial charge in [-0.15, -0.1) is 0 Å². The maximum absolute atomic E-state index is 13.8. The maximum atomic E-state index is 13.8. The third-order valence-electron chi connectivity index (χ3n) is 3.14. The number of hydrogen-bond donors (Lipinski definition) is 1. The minimum Gasteiger partial charge on any atom is -0.366 e. The average Bonchev–Trinajstić information content (AvgIpc) is 3.25. The number of benzene rings is 1. The molecular formula is C15H11F2N3. The lowest BCUT2D eigenvalue weighted by Crippen LogP contribution is -2.06. The molecule has 1 N–H and O–H groups in total. The van der Waals surface area contributed by atoms with Gasteiger partial charge in [0, 0.05) is 11.6 Å². The van der Waals surface area contributed by atoms with Crippen molar-refractivity contribution in [3.05, 3.63) is 47.5 Å². The van der Waals surface area contributed by atoms with Crippen LogP contribution in [0.4, 0.5) is 14.6 Å². The molecule has 0 bridgehead atoms. The van der Waals surface area contributed by atoms with Crippen LogP contribution in [0.3, 0.4) is 0 Å². The second-order valence-corrected chi connectivity index (χ2v) is 4.75. The molecule has 1 saturated carbocycles. The van der Waals surface area contributed by atoms with Crippen molar-refractivity contribution >= 4 is 5.82 Å². The zero-order valence-electron chi connectivity index (χ0n) is 10.5. The van der Waals surface area contributed by atoms with Crippen molar-refractivity contribution in [2.24, 2.45) is 0 Å². The van der Waals surface area contributed by atoms with Gasteiger partial charge in [0.1, 0.15) is 23.5 Å². The molecule has 0 aliphatic heterocycles. The predicted octanol–water partition coefficient (Wildman–Crippen LogP) is 3.47. The van der Waals surface area contributed by atoms with Crippen LogP contribution in [0.15, 0.2) is 30.3 Å². The molecule has 3 nitrogen and oxygen atoms in total. The van der Waals surface area contributed by atoms with Crippen molar-refractivity contribution in [1.82, 2.24) is 4.98 Å². The van der Waals surface area contributed by atoms with Crippen LogP contribution in [-0.2, 0) is 0 Å². The summed E-state index contributed by atoms with van der Waals surface area (Å²) in [5, 5.41) is 12.2. The molecule has 0 amide bonds. The number of aromatic nitrogens is 1. The van der Waals surface area contributed by atoms with E-state index >= 15 is 0 Å². The van der Waals surface area contributed by atoms with E-state index in [9.17, 15) is 8.78 Å². The van der Waals surface area contributed by atoms with E-state index in [0.29, 0.717) is 23.1 Å². The topological polar surface area (TPSA) is 48.7 Å². The van der Waals surface area contributed by atoms with E-state index in [2.05, 4.69) is 10.3 Å². The second kappa shape index (κ2) is 4.89. The Morgan fingerprint density at radius 2 is 2.00 bits per heavy atom. The van der Waals surface area contributed by atoms with Crippen molar-refractivity contribution in [2.45, 2.75) is 18.9 Å². The monoisotopic (exact) mass is 271 g/mol. The quantitative estimate of drug-likeness (QED) is 0.929. The van der Waals surface area contributed by atoms with Crippen molar-refractivity contribution in [3.8, 4) is 17.3 Å². The SMILES string of the molecule is N#Cc1ccc(-c2cc(F)ccc2F)nc1NC1CC1. The Labute approximate surface area is 114 Å². The lowest BCUT2D eigenvalue weighted by Gasteiger charge is -2.09. The highest BCUT2D eigenvalue weighted by molar-refractivity contribution is 5.65. The van der Waals surface area contributed by atoms with Crippen LogP contribution in [0.5, 0.6) is 0 Å². The molecule has 20 heavy (non-hydrogen) atoms. The number of nitrogens with zero attached hydrogens (tertiary/aromatic N) is 2. The number of nitriles is 1. The standard InChI is InChI=1S/C15H11F2N3/c16-10-2-5-13(17)12(7-10)14-6-1-9(8-18)15(20-14)19-11-3-4-11/h1-2,5-7,11H,3-4H2,(H,19,20). The number of anilines is 1. The molecule has 1 fully saturated rings. The van der Waals surface area contributed by atoms with Gasteiger partial charge in [-0.3, -0.25) is 0 Å². The molecule has 0 saturated heterocycles. The smallest absolute Gasteiger partial charge is 0.144 e. The van der Waals surface area contributed by atoms with Crippen molar-refractivity contribution in [1.29, 1.82) is 5.26 Å². The summed E-state index contributed by atoms with van der Waals surface area (Å²) in [5.74, 6) is -0.638. The fourth-order valence-corrected chi connectivity index (χ4v) is 1.92. The van der Waals surface area contributed by atoms with E-state index in [1.807, 2.05) is 6.07 Å². The zero-order valence-corrected chi connectivity index (χ0v) is 10.5. The van der Waals surface area contributed by atoms with Gasteiger partial charge in [0.15, 0.2) is 0 Å². The van der Waals surface area contributed by atoms with Crippen molar-refractivity contribution < 1.29 is 8.78 Å². The summed E-state index contributed by atoms with van der Waals surface area (Å²) in [5.41, 5.74) is 0.801. The molecule has 5 heteroatoms. The van der Waals surface area contributed by atoms with Gasteiger partial charge in [0.25, 0.3) is 0 Å². The molecule has 0 radical (unpaired) electrons. The third-order valence-corrected chi connectivity index (χ3v) is 3.14. The molecule has 1 aromatic heterocycles. The minimum absolute atomic E-state index is 0.0911. The molecule has 1 aliphatic rings. The summed E-state index contributed by atoms with van der Waals surface area (Å²) in [4.78, 5) is 4.26. The number of hydrogen-bond acceptors (Lipinski definition) is 3. The first-order valence-corrected chi connectivity index (χ1v) is 6.30. The lowest BCUT2D eigenvalue weighted by atomic mass is 10.1. The Bertz CT molecular complexity index is 703. The Kier molecular flexibility index (Phi) is 3.07. The normalized spacial score (nSPS) is 13.8. The van der Waals surface area contributed by atoms with Crippen LogP contribution < -0.4 is 5.32 Å². The van der Waals surface area contributed by atoms with E-state index in [1.165, 1.54) is 6.07 Å². The van der Waals surface area contributed by atoms with Gasteiger partial charge in [-0.2, -0.15) is 5.26 Å². The van der Waals surface area contributed by atoms with E-state index in [0.717, 1.165) is 31.0 Å². The molecule has 1 heterocycles. The molecule has 2 aromatic rings. The van der Waals surface area contributed by atoms with E-state index in [4.69, 9.17) is 5.26 Å². The lowest BCUT2D eigenvalue weighted by molar-refractivity contribution is 0.602. The molecule has 1 aliphatic carbocycles. The minimum atomic E-state index is -0.541. The van der Waals surface area contributed by atoms with Crippen molar-refractivity contribution in [3.63, 3.8) is 0 Å². The highest BCUT2D eigenvalue weighted by Crippen LogP contribution is 2.28. The highest BCUT2D eigenvalue weighted by Gasteiger charge is 2.23. The highest BCUT2D eigenvalue weighted by atomic mass is 19.1. The number of halogens is 2. The third kappa shape index (κ3) is 2.45. The Hall–Kier alpha value is -2.48. The Morgan fingerprint density at radius 1 is 1.20 bits per heavy atom. The van der Waals surface area contributed by atoms with Crippen LogP contribution in [0.25, 0.3) is 11.3 Å². The van der Waals surface area contributed by atoms with Gasteiger partial charge in [0.05, 0.1) is 11.3 Å². The van der Waals surface area contributed by atoms with Crippen molar-refractivity contribution in [2.75, 3.05) is 5.32 Å². The maximum Gasteiger partial charge on any atom is 0.144 e. The number of nitrogens with one attached hydrogen (secondary N) is 1. The fraction of sp³-hybridized carbons (Fsp3) is 0.200. The van der Waals surface area contributed by atoms with Crippen LogP contribution in [0.1, 0.15) is 18.4 Å². The Balaban J connectivity index is 2.05. The van der Waals surface area contributed by atoms with E-state index < -0.39 is 11.6 Å². The summed E-state index contributed by atoms with van der Waals surface area (Å²) < 4.78 is 27.0. The number of pyridine rings is 1. The number of rotatable bonds is 3. The largest absolute Gasteiger partial charge is 0.366 e. The second-order valence-electron chi connectivity index (χ2n) is 4.75. The van der Waals surface area contributed by atoms with Gasteiger partial charge in [-0.25, -0.2) is 13.8 Å².